The minimum absolute atomic E-state index is 0.192. The van der Waals surface area contributed by atoms with Crippen molar-refractivity contribution < 1.29 is 4.79 Å². The lowest BCUT2D eigenvalue weighted by Gasteiger charge is -2.22. The zero-order valence-electron chi connectivity index (χ0n) is 11.7. The Morgan fingerprint density at radius 2 is 2.10 bits per heavy atom. The van der Waals surface area contributed by atoms with E-state index in [0.717, 1.165) is 19.3 Å². The number of nitrogen functional groups attached to an aromatic ring is 1. The van der Waals surface area contributed by atoms with E-state index in [1.165, 1.54) is 12.8 Å². The van der Waals surface area contributed by atoms with Crippen LogP contribution in [-0.2, 0) is 0 Å². The Kier molecular flexibility index (Phi) is 5.20. The van der Waals surface area contributed by atoms with E-state index in [1.807, 2.05) is 0 Å². The third-order valence-electron chi connectivity index (χ3n) is 3.89. The number of hydrogen-bond acceptors (Lipinski definition) is 4. The van der Waals surface area contributed by atoms with E-state index in [4.69, 9.17) is 17.4 Å². The summed E-state index contributed by atoms with van der Waals surface area (Å²) in [6.07, 6.45) is 5.79. The number of nitrogens with two attached hydrogens (primary N) is 1. The molecule has 0 aliphatic heterocycles. The molecule has 2 rings (SSSR count). The van der Waals surface area contributed by atoms with E-state index in [1.54, 1.807) is 12.1 Å². The molecule has 0 radical (unpaired) electrons. The molecule has 1 saturated carbocycles. The van der Waals surface area contributed by atoms with Crippen molar-refractivity contribution in [1.82, 2.24) is 10.3 Å². The van der Waals surface area contributed by atoms with Crippen LogP contribution in [0.25, 0.3) is 0 Å². The van der Waals surface area contributed by atoms with Gasteiger partial charge in [0.2, 0.25) is 0 Å². The molecule has 1 fully saturated rings. The zero-order chi connectivity index (χ0) is 14.5. The molecular weight excluding hydrogens is 276 g/mol. The largest absolute Gasteiger partial charge is 0.348 e. The summed E-state index contributed by atoms with van der Waals surface area (Å²) in [4.78, 5) is 16.5. The molecule has 2 unspecified atom stereocenters. The van der Waals surface area contributed by atoms with E-state index in [2.05, 4.69) is 22.7 Å². The van der Waals surface area contributed by atoms with Crippen LogP contribution in [0.4, 0.5) is 5.82 Å². The van der Waals surface area contributed by atoms with Gasteiger partial charge in [0.05, 0.1) is 5.02 Å². The van der Waals surface area contributed by atoms with Crippen molar-refractivity contribution in [2.24, 2.45) is 11.8 Å². The summed E-state index contributed by atoms with van der Waals surface area (Å²) in [6, 6.07) is 3.44. The molecule has 1 aliphatic rings. The van der Waals surface area contributed by atoms with Crippen LogP contribution in [0.3, 0.4) is 0 Å². The lowest BCUT2D eigenvalue weighted by Crippen LogP contribution is -2.39. The highest BCUT2D eigenvalue weighted by atomic mass is 35.5. The fraction of sp³-hybridized carbons (Fsp3) is 0.571. The molecule has 20 heavy (non-hydrogen) atoms. The van der Waals surface area contributed by atoms with Crippen LogP contribution < -0.4 is 16.6 Å². The molecule has 1 heterocycles. The maximum absolute atomic E-state index is 12.3. The number of pyridine rings is 1. The minimum atomic E-state index is -0.231. The molecule has 2 atom stereocenters. The number of halogens is 1. The number of anilines is 1. The van der Waals surface area contributed by atoms with Gasteiger partial charge in [-0.25, -0.2) is 10.8 Å². The minimum Gasteiger partial charge on any atom is -0.348 e. The van der Waals surface area contributed by atoms with E-state index >= 15 is 0 Å². The van der Waals surface area contributed by atoms with Gasteiger partial charge in [0.15, 0.2) is 0 Å². The van der Waals surface area contributed by atoms with E-state index in [9.17, 15) is 4.79 Å². The number of rotatable bonds is 3. The molecule has 110 valence electrons. The van der Waals surface area contributed by atoms with Gasteiger partial charge in [-0.1, -0.05) is 37.8 Å². The van der Waals surface area contributed by atoms with Crippen molar-refractivity contribution in [3.05, 3.63) is 22.8 Å². The Hall–Kier alpha value is -1.33. The van der Waals surface area contributed by atoms with Crippen molar-refractivity contribution in [2.45, 2.75) is 45.1 Å². The number of nitrogens with zero attached hydrogens (tertiary/aromatic N) is 1. The fourth-order valence-corrected chi connectivity index (χ4v) is 2.82. The monoisotopic (exact) mass is 296 g/mol. The number of hydrogen-bond donors (Lipinski definition) is 3. The first-order valence-electron chi connectivity index (χ1n) is 7.06. The Labute approximate surface area is 124 Å². The van der Waals surface area contributed by atoms with Crippen LogP contribution in [0.1, 0.15) is 49.5 Å². The number of aromatic nitrogens is 1. The van der Waals surface area contributed by atoms with E-state index < -0.39 is 0 Å². The maximum atomic E-state index is 12.3. The average molecular weight is 297 g/mol. The van der Waals surface area contributed by atoms with Gasteiger partial charge in [-0.15, -0.1) is 0 Å². The maximum Gasteiger partial charge on any atom is 0.271 e. The topological polar surface area (TPSA) is 80.0 Å². The SMILES string of the molecule is CC1CCCCCC1NC(=O)c1nc(NN)ccc1Cl. The van der Waals surface area contributed by atoms with Gasteiger partial charge < -0.3 is 10.7 Å². The van der Waals surface area contributed by atoms with Crippen molar-refractivity contribution in [2.75, 3.05) is 5.43 Å². The van der Waals surface area contributed by atoms with Gasteiger partial charge >= 0.3 is 0 Å². The normalized spacial score (nSPS) is 22.9. The first-order chi connectivity index (χ1) is 9.61. The van der Waals surface area contributed by atoms with Crippen LogP contribution >= 0.6 is 11.6 Å². The van der Waals surface area contributed by atoms with Gasteiger partial charge in [-0.2, -0.15) is 0 Å². The molecule has 4 N–H and O–H groups in total. The standard InChI is InChI=1S/C14H21ClN4O/c1-9-5-3-2-4-6-11(9)17-14(20)13-10(15)7-8-12(18-13)19-16/h7-9,11H,2-6,16H2,1H3,(H,17,20)(H,18,19). The van der Waals surface area contributed by atoms with Gasteiger partial charge in [-0.3, -0.25) is 4.79 Å². The van der Waals surface area contributed by atoms with Crippen molar-refractivity contribution >= 4 is 23.3 Å². The first kappa shape index (κ1) is 15.1. The fourth-order valence-electron chi connectivity index (χ4n) is 2.63. The molecule has 0 spiro atoms. The summed E-state index contributed by atoms with van der Waals surface area (Å²) < 4.78 is 0. The quantitative estimate of drug-likeness (QED) is 0.455. The Morgan fingerprint density at radius 1 is 1.35 bits per heavy atom. The summed E-state index contributed by atoms with van der Waals surface area (Å²) in [5, 5.41) is 3.40. The Balaban J connectivity index is 2.10. The molecule has 0 aromatic carbocycles. The third-order valence-corrected chi connectivity index (χ3v) is 4.19. The molecule has 6 heteroatoms. The van der Waals surface area contributed by atoms with Gasteiger partial charge in [0.1, 0.15) is 11.5 Å². The smallest absolute Gasteiger partial charge is 0.271 e. The summed E-state index contributed by atoms with van der Waals surface area (Å²) in [6.45, 7) is 2.18. The van der Waals surface area contributed by atoms with Crippen LogP contribution in [0.5, 0.6) is 0 Å². The predicted octanol–water partition coefficient (Wildman–Crippen LogP) is 2.72. The molecule has 1 amide bonds. The summed E-state index contributed by atoms with van der Waals surface area (Å²) >= 11 is 6.04. The average Bonchev–Trinajstić information content (AvgIpc) is 2.64. The summed E-state index contributed by atoms with van der Waals surface area (Å²) in [5.41, 5.74) is 2.64. The molecule has 1 aromatic heterocycles. The number of carbonyl (C=O) groups is 1. The van der Waals surface area contributed by atoms with Crippen LogP contribution in [0.15, 0.2) is 12.1 Å². The molecule has 1 aromatic rings. The predicted molar refractivity (Wildman–Crippen MR) is 80.6 cm³/mol. The molecule has 0 saturated heterocycles. The highest BCUT2D eigenvalue weighted by Gasteiger charge is 2.23. The number of carbonyl (C=O) groups excluding carboxylic acids is 1. The molecular formula is C14H21ClN4O. The molecule has 1 aliphatic carbocycles. The van der Waals surface area contributed by atoms with E-state index in [-0.39, 0.29) is 17.6 Å². The van der Waals surface area contributed by atoms with Crippen LogP contribution in [0.2, 0.25) is 5.02 Å². The highest BCUT2D eigenvalue weighted by molar-refractivity contribution is 6.33. The third kappa shape index (κ3) is 3.61. The Morgan fingerprint density at radius 3 is 2.85 bits per heavy atom. The van der Waals surface area contributed by atoms with E-state index in [0.29, 0.717) is 16.8 Å². The summed E-state index contributed by atoms with van der Waals surface area (Å²) in [5.74, 6) is 5.98. The first-order valence-corrected chi connectivity index (χ1v) is 7.43. The molecule has 5 nitrogen and oxygen atoms in total. The molecule has 0 bridgehead atoms. The second-order valence-electron chi connectivity index (χ2n) is 5.37. The van der Waals surface area contributed by atoms with Crippen molar-refractivity contribution in [1.29, 1.82) is 0 Å². The lowest BCUT2D eigenvalue weighted by molar-refractivity contribution is 0.0917. The van der Waals surface area contributed by atoms with Crippen LogP contribution in [0, 0.1) is 5.92 Å². The van der Waals surface area contributed by atoms with Crippen molar-refractivity contribution in [3.8, 4) is 0 Å². The van der Waals surface area contributed by atoms with Crippen molar-refractivity contribution in [3.63, 3.8) is 0 Å². The van der Waals surface area contributed by atoms with Gasteiger partial charge in [-0.05, 0) is 30.9 Å². The summed E-state index contributed by atoms with van der Waals surface area (Å²) in [7, 11) is 0. The lowest BCUT2D eigenvalue weighted by atomic mass is 9.97. The zero-order valence-corrected chi connectivity index (χ0v) is 12.4. The Bertz CT molecular complexity index is 480. The second kappa shape index (κ2) is 6.90. The van der Waals surface area contributed by atoms with Crippen LogP contribution in [-0.4, -0.2) is 16.9 Å². The van der Waals surface area contributed by atoms with Gasteiger partial charge in [0.25, 0.3) is 5.91 Å². The number of hydrazine groups is 1. The number of amides is 1. The van der Waals surface area contributed by atoms with Gasteiger partial charge in [0, 0.05) is 6.04 Å². The highest BCUT2D eigenvalue weighted by Crippen LogP contribution is 2.24. The second-order valence-corrected chi connectivity index (χ2v) is 5.77. The number of nitrogens with one attached hydrogen (secondary N) is 2.